The van der Waals surface area contributed by atoms with Crippen molar-refractivity contribution in [1.82, 2.24) is 10.5 Å². The Balaban J connectivity index is 1.98. The van der Waals surface area contributed by atoms with Gasteiger partial charge < -0.3 is 14.6 Å². The van der Waals surface area contributed by atoms with Gasteiger partial charge in [0.25, 0.3) is 0 Å². The van der Waals surface area contributed by atoms with Crippen LogP contribution in [0, 0.1) is 13.8 Å². The summed E-state index contributed by atoms with van der Waals surface area (Å²) in [6.45, 7) is 8.56. The van der Waals surface area contributed by atoms with Gasteiger partial charge in [0, 0.05) is 24.3 Å². The molecule has 0 radical (unpaired) electrons. The molecule has 1 fully saturated rings. The maximum absolute atomic E-state index is 5.39. The van der Waals surface area contributed by atoms with Gasteiger partial charge in [-0.3, -0.25) is 0 Å². The van der Waals surface area contributed by atoms with E-state index in [0.717, 1.165) is 37.6 Å². The summed E-state index contributed by atoms with van der Waals surface area (Å²) in [5, 5.41) is 7.45. The SMILES string of the molecule is Cc1noc(C)c1CNC1(C)CCOC1. The number of rotatable bonds is 3. The predicted molar refractivity (Wildman–Crippen MR) is 56.7 cm³/mol. The summed E-state index contributed by atoms with van der Waals surface area (Å²) < 4.78 is 10.5. The quantitative estimate of drug-likeness (QED) is 0.822. The molecule has 0 bridgehead atoms. The third kappa shape index (κ3) is 2.21. The molecule has 1 aliphatic heterocycles. The second-order valence-corrected chi connectivity index (χ2v) is 4.52. The topological polar surface area (TPSA) is 47.3 Å². The Bertz CT molecular complexity index is 321. The largest absolute Gasteiger partial charge is 0.379 e. The van der Waals surface area contributed by atoms with Crippen LogP contribution in [-0.2, 0) is 11.3 Å². The molecule has 0 amide bonds. The fraction of sp³-hybridized carbons (Fsp3) is 0.727. The van der Waals surface area contributed by atoms with E-state index >= 15 is 0 Å². The fourth-order valence-electron chi connectivity index (χ4n) is 1.86. The van der Waals surface area contributed by atoms with E-state index in [-0.39, 0.29) is 5.54 Å². The first-order valence-electron chi connectivity index (χ1n) is 5.35. The van der Waals surface area contributed by atoms with Crippen LogP contribution in [0.2, 0.25) is 0 Å². The molecule has 1 aliphatic rings. The Morgan fingerprint density at radius 2 is 2.27 bits per heavy atom. The molecule has 2 rings (SSSR count). The summed E-state index contributed by atoms with van der Waals surface area (Å²) >= 11 is 0. The first kappa shape index (κ1) is 10.6. The van der Waals surface area contributed by atoms with Crippen LogP contribution in [0.25, 0.3) is 0 Å². The van der Waals surface area contributed by atoms with Gasteiger partial charge in [-0.2, -0.15) is 0 Å². The zero-order chi connectivity index (χ0) is 10.9. The van der Waals surface area contributed by atoms with Crippen LogP contribution in [0.15, 0.2) is 4.52 Å². The van der Waals surface area contributed by atoms with Crippen molar-refractivity contribution in [3.63, 3.8) is 0 Å². The standard InChI is InChI=1S/C11H18N2O2/c1-8-10(9(2)15-13-8)6-12-11(3)4-5-14-7-11/h12H,4-7H2,1-3H3. The average Bonchev–Trinajstić information content (AvgIpc) is 2.74. The highest BCUT2D eigenvalue weighted by atomic mass is 16.5. The minimum absolute atomic E-state index is 0.107. The van der Waals surface area contributed by atoms with Crippen LogP contribution in [0.4, 0.5) is 0 Å². The molecule has 0 aliphatic carbocycles. The first-order valence-corrected chi connectivity index (χ1v) is 5.35. The molecule has 1 atom stereocenters. The normalized spacial score (nSPS) is 26.1. The average molecular weight is 210 g/mol. The maximum Gasteiger partial charge on any atom is 0.138 e. The minimum atomic E-state index is 0.107. The molecule has 2 heterocycles. The van der Waals surface area contributed by atoms with Gasteiger partial charge >= 0.3 is 0 Å². The lowest BCUT2D eigenvalue weighted by atomic mass is 10.0. The molecule has 0 saturated carbocycles. The Morgan fingerprint density at radius 3 is 2.80 bits per heavy atom. The monoisotopic (exact) mass is 210 g/mol. The Labute approximate surface area is 90.0 Å². The Hall–Kier alpha value is -0.870. The molecule has 1 N–H and O–H groups in total. The molecule has 15 heavy (non-hydrogen) atoms. The zero-order valence-corrected chi connectivity index (χ0v) is 9.59. The maximum atomic E-state index is 5.39. The summed E-state index contributed by atoms with van der Waals surface area (Å²) in [5.41, 5.74) is 2.25. The summed E-state index contributed by atoms with van der Waals surface area (Å²) in [7, 11) is 0. The molecule has 0 aromatic carbocycles. The zero-order valence-electron chi connectivity index (χ0n) is 9.59. The van der Waals surface area contributed by atoms with Gasteiger partial charge in [-0.1, -0.05) is 5.16 Å². The van der Waals surface area contributed by atoms with Crippen molar-refractivity contribution in [2.24, 2.45) is 0 Å². The number of ether oxygens (including phenoxy) is 1. The van der Waals surface area contributed by atoms with Crippen molar-refractivity contribution in [1.29, 1.82) is 0 Å². The van der Waals surface area contributed by atoms with Crippen molar-refractivity contribution >= 4 is 0 Å². The number of aromatic nitrogens is 1. The first-order chi connectivity index (χ1) is 7.11. The molecule has 0 spiro atoms. The second kappa shape index (κ2) is 3.94. The van der Waals surface area contributed by atoms with Crippen molar-refractivity contribution in [2.75, 3.05) is 13.2 Å². The molecular weight excluding hydrogens is 192 g/mol. The number of hydrogen-bond donors (Lipinski definition) is 1. The Morgan fingerprint density at radius 1 is 1.47 bits per heavy atom. The second-order valence-electron chi connectivity index (χ2n) is 4.52. The van der Waals surface area contributed by atoms with E-state index in [1.165, 1.54) is 5.56 Å². The van der Waals surface area contributed by atoms with Gasteiger partial charge in [-0.15, -0.1) is 0 Å². The van der Waals surface area contributed by atoms with Gasteiger partial charge in [0.15, 0.2) is 0 Å². The van der Waals surface area contributed by atoms with Crippen LogP contribution in [0.3, 0.4) is 0 Å². The molecule has 84 valence electrons. The van der Waals surface area contributed by atoms with Crippen molar-refractivity contribution in [2.45, 2.75) is 39.3 Å². The van der Waals surface area contributed by atoms with Crippen molar-refractivity contribution < 1.29 is 9.26 Å². The van der Waals surface area contributed by atoms with Crippen molar-refractivity contribution in [3.05, 3.63) is 17.0 Å². The third-order valence-electron chi connectivity index (χ3n) is 3.09. The van der Waals surface area contributed by atoms with Crippen molar-refractivity contribution in [3.8, 4) is 0 Å². The van der Waals surface area contributed by atoms with Crippen LogP contribution >= 0.6 is 0 Å². The van der Waals surface area contributed by atoms with E-state index in [1.807, 2.05) is 13.8 Å². The van der Waals surface area contributed by atoms with E-state index in [4.69, 9.17) is 9.26 Å². The molecule has 1 aromatic heterocycles. The lowest BCUT2D eigenvalue weighted by molar-refractivity contribution is 0.171. The fourth-order valence-corrected chi connectivity index (χ4v) is 1.86. The molecule has 1 aromatic rings. The highest BCUT2D eigenvalue weighted by molar-refractivity contribution is 5.20. The minimum Gasteiger partial charge on any atom is -0.379 e. The highest BCUT2D eigenvalue weighted by Gasteiger charge is 2.29. The summed E-state index contributed by atoms with van der Waals surface area (Å²) in [6.07, 6.45) is 1.07. The van der Waals surface area contributed by atoms with Gasteiger partial charge in [0.1, 0.15) is 5.76 Å². The number of nitrogens with zero attached hydrogens (tertiary/aromatic N) is 1. The van der Waals surface area contributed by atoms with Crippen LogP contribution in [0.5, 0.6) is 0 Å². The summed E-state index contributed by atoms with van der Waals surface area (Å²) in [4.78, 5) is 0. The lowest BCUT2D eigenvalue weighted by Gasteiger charge is -2.23. The van der Waals surface area contributed by atoms with Gasteiger partial charge in [0.05, 0.1) is 12.3 Å². The number of nitrogens with one attached hydrogen (secondary N) is 1. The van der Waals surface area contributed by atoms with Crippen LogP contribution < -0.4 is 5.32 Å². The third-order valence-corrected chi connectivity index (χ3v) is 3.09. The lowest BCUT2D eigenvalue weighted by Crippen LogP contribution is -2.42. The summed E-state index contributed by atoms with van der Waals surface area (Å²) in [6, 6.07) is 0. The predicted octanol–water partition coefficient (Wildman–Crippen LogP) is 1.56. The number of hydrogen-bond acceptors (Lipinski definition) is 4. The molecule has 4 heteroatoms. The molecule has 4 nitrogen and oxygen atoms in total. The molecular formula is C11H18N2O2. The van der Waals surface area contributed by atoms with E-state index < -0.39 is 0 Å². The number of aryl methyl sites for hydroxylation is 2. The van der Waals surface area contributed by atoms with E-state index in [0.29, 0.717) is 0 Å². The van der Waals surface area contributed by atoms with Crippen LogP contribution in [0.1, 0.15) is 30.4 Å². The molecule has 1 saturated heterocycles. The Kier molecular flexibility index (Phi) is 2.80. The van der Waals surface area contributed by atoms with Gasteiger partial charge in [-0.05, 0) is 27.2 Å². The van der Waals surface area contributed by atoms with E-state index in [9.17, 15) is 0 Å². The highest BCUT2D eigenvalue weighted by Crippen LogP contribution is 2.19. The smallest absolute Gasteiger partial charge is 0.138 e. The van der Waals surface area contributed by atoms with E-state index in [1.54, 1.807) is 0 Å². The van der Waals surface area contributed by atoms with Crippen LogP contribution in [-0.4, -0.2) is 23.9 Å². The summed E-state index contributed by atoms with van der Waals surface area (Å²) in [5.74, 6) is 0.905. The van der Waals surface area contributed by atoms with Gasteiger partial charge in [0.2, 0.25) is 0 Å². The van der Waals surface area contributed by atoms with Gasteiger partial charge in [-0.25, -0.2) is 0 Å². The van der Waals surface area contributed by atoms with E-state index in [2.05, 4.69) is 17.4 Å². The molecule has 1 unspecified atom stereocenters.